The van der Waals surface area contributed by atoms with Gasteiger partial charge in [-0.05, 0) is 123 Å². The van der Waals surface area contributed by atoms with Crippen molar-refractivity contribution in [2.45, 2.75) is 437 Å². The summed E-state index contributed by atoms with van der Waals surface area (Å²) >= 11 is 0. The number of aldehydes is 1. The van der Waals surface area contributed by atoms with Crippen LogP contribution in [0.25, 0.3) is 0 Å². The van der Waals surface area contributed by atoms with Crippen molar-refractivity contribution in [1.29, 1.82) is 0 Å². The number of esters is 3. The molecule has 13 rings (SSSR count). The third-order valence-electron chi connectivity index (χ3n) is 33.6. The van der Waals surface area contributed by atoms with Crippen molar-refractivity contribution in [2.75, 3.05) is 39.6 Å². The molecule has 0 aromatic heterocycles. The zero-order chi connectivity index (χ0) is 103. The van der Waals surface area contributed by atoms with Crippen LogP contribution < -0.4 is 0 Å². The first-order valence-corrected chi connectivity index (χ1v) is 48.9. The molecule has 5 aliphatic carbocycles. The lowest BCUT2D eigenvalue weighted by Gasteiger charge is -2.71. The summed E-state index contributed by atoms with van der Waals surface area (Å²) in [4.78, 5) is 72.1. The van der Waals surface area contributed by atoms with E-state index in [9.17, 15) is 142 Å². The Morgan fingerprint density at radius 1 is 0.500 bits per heavy atom. The van der Waals surface area contributed by atoms with E-state index in [-0.39, 0.29) is 63.2 Å². The average molecular weight is 2020 g/mol. The fourth-order valence-corrected chi connectivity index (χ4v) is 24.3. The molecule has 8 aliphatic heterocycles. The lowest BCUT2D eigenvalue weighted by Crippen LogP contribution is -2.69. The third-order valence-corrected chi connectivity index (χ3v) is 33.6. The zero-order valence-electron chi connectivity index (χ0n) is 80.7. The minimum atomic E-state index is -2.36. The first-order chi connectivity index (χ1) is 65.7. The van der Waals surface area contributed by atoms with Gasteiger partial charge in [0.1, 0.15) is 158 Å². The number of fused-ring (bicyclic) bond motifs is 7. The molecule has 17 unspecified atom stereocenters. The molecule has 0 aromatic carbocycles. The lowest BCUT2D eigenvalue weighted by molar-refractivity contribution is -0.396. The Morgan fingerprint density at radius 2 is 1.04 bits per heavy atom. The van der Waals surface area contributed by atoms with Crippen molar-refractivity contribution in [1.82, 2.24) is 0 Å². The number of aliphatic carboxylic acids is 1. The number of allylic oxidation sites excluding steroid dienone is 2. The molecule has 47 nitrogen and oxygen atoms in total. The van der Waals surface area contributed by atoms with Crippen LogP contribution in [0.1, 0.15) is 179 Å². The number of hydrogen-bond acceptors (Lipinski definition) is 46. The molecule has 0 amide bonds. The van der Waals surface area contributed by atoms with E-state index in [1.165, 1.54) is 13.8 Å². The van der Waals surface area contributed by atoms with E-state index < -0.39 is 384 Å². The normalized spacial score (nSPS) is 48.8. The molecule has 8 heterocycles. The number of ether oxygens (including phenoxy) is 18. The molecule has 13 aliphatic rings. The molecule has 12 fully saturated rings. The Kier molecular flexibility index (Phi) is 36.2. The summed E-state index contributed by atoms with van der Waals surface area (Å²) in [5.41, 5.74) is -8.04. The fraction of sp³-hybridized carbons (Fsp3) is 0.925. The highest BCUT2D eigenvalue weighted by Crippen LogP contribution is 2.76. The second-order valence-electron chi connectivity index (χ2n) is 43.1. The third kappa shape index (κ3) is 21.8. The van der Waals surface area contributed by atoms with Crippen LogP contribution in [0.3, 0.4) is 0 Å². The van der Waals surface area contributed by atoms with Crippen LogP contribution in [0.15, 0.2) is 11.6 Å². The summed E-state index contributed by atoms with van der Waals surface area (Å²) < 4.78 is 110. The number of aliphatic hydroxyl groups excluding tert-OH is 22. The largest absolute Gasteiger partial charge is 0.479 e. The highest BCUT2D eigenvalue weighted by molar-refractivity contribution is 5.80. The molecule has 804 valence electrons. The molecule has 0 aromatic rings. The van der Waals surface area contributed by atoms with Gasteiger partial charge in [0.05, 0.1) is 101 Å². The topological polar surface area (TPSA) is 737 Å². The summed E-state index contributed by atoms with van der Waals surface area (Å²) in [6.07, 6.45) is -73.2. The Morgan fingerprint density at radius 3 is 1.64 bits per heavy atom. The maximum absolute atomic E-state index is 16.6. The lowest BCUT2D eigenvalue weighted by atomic mass is 9.33. The van der Waals surface area contributed by atoms with Crippen molar-refractivity contribution in [3.05, 3.63) is 11.6 Å². The van der Waals surface area contributed by atoms with E-state index >= 15 is 4.79 Å². The van der Waals surface area contributed by atoms with Crippen LogP contribution in [0.2, 0.25) is 0 Å². The van der Waals surface area contributed by atoms with Gasteiger partial charge in [0.2, 0.25) is 6.29 Å². The van der Waals surface area contributed by atoms with Gasteiger partial charge in [0.25, 0.3) is 0 Å². The van der Waals surface area contributed by atoms with Crippen molar-refractivity contribution < 1.29 is 232 Å². The minimum absolute atomic E-state index is 0.0179. The van der Waals surface area contributed by atoms with Crippen LogP contribution >= 0.6 is 0 Å². The zero-order valence-corrected chi connectivity index (χ0v) is 80.7. The van der Waals surface area contributed by atoms with Gasteiger partial charge in [-0.25, -0.2) is 4.79 Å². The number of carboxylic acid groups (broad SMARTS) is 1. The van der Waals surface area contributed by atoms with Gasteiger partial charge in [-0.15, -0.1) is 0 Å². The van der Waals surface area contributed by atoms with Crippen LogP contribution in [0.4, 0.5) is 0 Å². The molecule has 52 atom stereocenters. The quantitative estimate of drug-likeness (QED) is 0.00923. The number of carboxylic acids is 1. The average Bonchev–Trinajstić information content (AvgIpc) is 0.743. The van der Waals surface area contributed by atoms with Crippen LogP contribution in [0, 0.1) is 62.1 Å². The van der Waals surface area contributed by atoms with Gasteiger partial charge in [-0.3, -0.25) is 14.4 Å². The van der Waals surface area contributed by atoms with E-state index in [1.807, 2.05) is 27.7 Å². The van der Waals surface area contributed by atoms with E-state index in [2.05, 4.69) is 19.9 Å². The Balaban J connectivity index is 0.800. The summed E-state index contributed by atoms with van der Waals surface area (Å²) in [5.74, 6) is -7.30. The minimum Gasteiger partial charge on any atom is -0.479 e. The summed E-state index contributed by atoms with van der Waals surface area (Å²) in [6.45, 7) is 16.8. The smallest absolute Gasteiger partial charge is 0.335 e. The van der Waals surface area contributed by atoms with E-state index in [4.69, 9.17) is 85.3 Å². The highest BCUT2D eigenvalue weighted by atomic mass is 16.8. The Hall–Kier alpha value is -4.23. The van der Waals surface area contributed by atoms with Crippen molar-refractivity contribution in [3.63, 3.8) is 0 Å². The Labute approximate surface area is 808 Å². The summed E-state index contributed by atoms with van der Waals surface area (Å²) in [6, 6.07) is 0. The van der Waals surface area contributed by atoms with Gasteiger partial charge < -0.3 is 213 Å². The summed E-state index contributed by atoms with van der Waals surface area (Å²) in [7, 11) is 0. The van der Waals surface area contributed by atoms with Gasteiger partial charge in [-0.2, -0.15) is 0 Å². The number of rotatable bonds is 35. The number of carbonyl (C=O) groups excluding carboxylic acids is 4. The maximum Gasteiger partial charge on any atom is 0.335 e. The van der Waals surface area contributed by atoms with E-state index in [1.54, 1.807) is 27.7 Å². The molecular formula is C93H150O47. The monoisotopic (exact) mass is 2020 g/mol. The second kappa shape index (κ2) is 44.9. The van der Waals surface area contributed by atoms with Crippen molar-refractivity contribution in [2.24, 2.45) is 62.1 Å². The van der Waals surface area contributed by atoms with Gasteiger partial charge in [-0.1, -0.05) is 93.7 Å². The molecule has 0 spiro atoms. The molecular weight excluding hydrogens is 1870 g/mol. The SMILES string of the molecule is CC[C@H](C)[C@H](C[C@H](O)CC(=O)O[C@@H]1C(C)O[C@@H](OC(=O)[C@]23CCC(C)(C)CC2C2=CCC4[C@@]5(C)CC[C@H](O[C@@H]6OC(C(=O)O)[C@H](O)[C@H](O[C@@H]7OC[C@@H](O)[C@H](O)C7O)C6O[C@@H]6OC(CO)[C@H](O)[C@H](O)C6O)[C@@](C)(C=O)C5CC[C@@]4(C)[C@]2(C)C[C@H]3O)[C@H](O[C@@H]2OC(C)[C@H](O[C@@H]3OCC(O)[C@H](O[C@@H]4OC[C@](O)(CO)C4O)C3O)C(O[C@@H]3OC(CO)[C@@H](O)[C@H](O)C3O)[C@@H]2O)C1O)OC(=O)C[C@@H](O)C[C@H](O)[C@@H](C)CC. The van der Waals surface area contributed by atoms with Crippen LogP contribution in [-0.4, -0.2) is 450 Å². The predicted octanol–water partition coefficient (Wildman–Crippen LogP) is -6.32. The van der Waals surface area contributed by atoms with E-state index in [0.717, 1.165) is 11.9 Å². The predicted molar refractivity (Wildman–Crippen MR) is 464 cm³/mol. The van der Waals surface area contributed by atoms with Gasteiger partial charge in [0.15, 0.2) is 62.3 Å². The van der Waals surface area contributed by atoms with Gasteiger partial charge in [0, 0.05) is 12.8 Å². The first kappa shape index (κ1) is 113. The maximum atomic E-state index is 16.6. The molecule has 4 saturated carbocycles. The molecule has 140 heavy (non-hydrogen) atoms. The molecule has 8 saturated heterocycles. The number of carbonyl (C=O) groups is 5. The first-order valence-electron chi connectivity index (χ1n) is 48.9. The highest BCUT2D eigenvalue weighted by Gasteiger charge is 2.74. The second-order valence-corrected chi connectivity index (χ2v) is 43.1. The fourth-order valence-electron chi connectivity index (χ4n) is 24.3. The summed E-state index contributed by atoms with van der Waals surface area (Å²) in [5, 5.41) is 270. The molecule has 24 N–H and O–H groups in total. The van der Waals surface area contributed by atoms with Crippen molar-refractivity contribution >= 4 is 30.2 Å². The molecule has 47 heteroatoms. The van der Waals surface area contributed by atoms with E-state index in [0.29, 0.717) is 32.1 Å². The van der Waals surface area contributed by atoms with Crippen LogP contribution in [-0.2, 0) is 109 Å². The Bertz CT molecular complexity index is 4160. The van der Waals surface area contributed by atoms with Crippen LogP contribution in [0.5, 0.6) is 0 Å². The molecule has 0 radical (unpaired) electrons. The molecule has 0 bridgehead atoms. The number of aliphatic hydroxyl groups is 23. The standard InChI is InChI=1S/C93H150O47/c1-13-36(3)44(100)23-40(98)25-54(104)128-47(37(4)14-2)24-41(99)26-55(105)132-68-38(5)127-83(74(64(68)114)138-82-67(117)72(136-80-62(112)59(109)57(107)48(29-94)129-80)69(39(6)126-82)133-79-66(116)70(46(102)32-124-79)134-85-76(118)92(122,34-97)35-125-85)140-86(121)93-22-21-87(7,8)27-43(93)42-15-16-51-88(9)19-18-53(89(10,33-96)50(88)17-20-90(51,11)91(42,12)28-52(93)103)131-84-75(139-81-63(113)60(110)58(108)49(30-95)130-81)71(65(115)73(137-84)77(119)120)135-78-61(111)56(106)45(101)31-123-78/h15,33,36-41,43-53,56-76,78-85,94-95,97-103,106-118,122H,13-14,16-32,34-35H2,1-12H3,(H,119,120)/t36-,37-,38?,39?,40-,41-,43?,44-,45+,46?,47-,48?,49?,50?,51?,52+,53-,56-,57+,58-,59-,60-,61?,62?,63?,64?,65+,66?,67-,68+,69-,70-,71-,72?,73?,74+,75?,76?,78-,79-,80-,81-,82-,83-,84+,85-,88-,89-,90+,91+,92+,93+/m0/s1. The van der Waals surface area contributed by atoms with Crippen molar-refractivity contribution in [3.8, 4) is 0 Å². The number of hydrogen-bond donors (Lipinski definition) is 24. The van der Waals surface area contributed by atoms with Gasteiger partial charge >= 0.3 is 23.9 Å².